The van der Waals surface area contributed by atoms with E-state index >= 15 is 0 Å². The van der Waals surface area contributed by atoms with Crippen molar-refractivity contribution in [3.63, 3.8) is 0 Å². The fourth-order valence-electron chi connectivity index (χ4n) is 1.79. The lowest BCUT2D eigenvalue weighted by atomic mass is 10.1. The highest BCUT2D eigenvalue weighted by molar-refractivity contribution is 5.03. The van der Waals surface area contributed by atoms with E-state index in [-0.39, 0.29) is 6.04 Å². The number of nitrogens with zero attached hydrogens (tertiary/aromatic N) is 3. The van der Waals surface area contributed by atoms with Gasteiger partial charge in [0.1, 0.15) is 12.2 Å². The molecule has 2 rings (SSSR count). The molecule has 3 unspecified atom stereocenters. The van der Waals surface area contributed by atoms with E-state index in [0.29, 0.717) is 5.92 Å². The van der Waals surface area contributed by atoms with Gasteiger partial charge in [-0.15, -0.1) is 0 Å². The first-order valence-electron chi connectivity index (χ1n) is 4.54. The third-order valence-corrected chi connectivity index (χ3v) is 2.80. The van der Waals surface area contributed by atoms with Crippen molar-refractivity contribution in [1.29, 1.82) is 0 Å². The summed E-state index contributed by atoms with van der Waals surface area (Å²) in [5.74, 6) is 7.80. The maximum atomic E-state index is 5.50. The number of hydrazine groups is 1. The molecule has 3 N–H and O–H groups in total. The van der Waals surface area contributed by atoms with Crippen LogP contribution in [0.5, 0.6) is 0 Å². The van der Waals surface area contributed by atoms with Crippen molar-refractivity contribution in [1.82, 2.24) is 20.2 Å². The van der Waals surface area contributed by atoms with Crippen LogP contribution in [-0.4, -0.2) is 14.8 Å². The molecule has 13 heavy (non-hydrogen) atoms. The summed E-state index contributed by atoms with van der Waals surface area (Å²) in [7, 11) is 1.89. The highest BCUT2D eigenvalue weighted by atomic mass is 15.4. The highest BCUT2D eigenvalue weighted by Crippen LogP contribution is 2.45. The first kappa shape index (κ1) is 8.65. The van der Waals surface area contributed by atoms with Crippen molar-refractivity contribution < 1.29 is 0 Å². The predicted molar refractivity (Wildman–Crippen MR) is 48.3 cm³/mol. The van der Waals surface area contributed by atoms with Crippen LogP contribution in [0, 0.1) is 11.8 Å². The lowest BCUT2D eigenvalue weighted by molar-refractivity contribution is 0.435. The fraction of sp³-hybridized carbons (Fsp3) is 0.750. The molecule has 1 saturated carbocycles. The summed E-state index contributed by atoms with van der Waals surface area (Å²) >= 11 is 0. The van der Waals surface area contributed by atoms with Crippen LogP contribution < -0.4 is 11.3 Å². The minimum absolute atomic E-state index is 0.155. The molecule has 3 atom stereocenters. The van der Waals surface area contributed by atoms with Gasteiger partial charge in [-0.25, -0.2) is 10.4 Å². The number of hydrogen-bond donors (Lipinski definition) is 2. The summed E-state index contributed by atoms with van der Waals surface area (Å²) in [6.45, 7) is 2.23. The third kappa shape index (κ3) is 1.45. The minimum Gasteiger partial charge on any atom is -0.271 e. The van der Waals surface area contributed by atoms with Gasteiger partial charge < -0.3 is 0 Å². The van der Waals surface area contributed by atoms with E-state index in [1.165, 1.54) is 6.42 Å². The van der Waals surface area contributed by atoms with Crippen LogP contribution in [0.3, 0.4) is 0 Å². The van der Waals surface area contributed by atoms with Gasteiger partial charge in [0.15, 0.2) is 0 Å². The van der Waals surface area contributed by atoms with Crippen molar-refractivity contribution >= 4 is 0 Å². The molecule has 0 aliphatic heterocycles. The summed E-state index contributed by atoms with van der Waals surface area (Å²) in [6.07, 6.45) is 2.79. The zero-order valence-electron chi connectivity index (χ0n) is 7.94. The van der Waals surface area contributed by atoms with Gasteiger partial charge in [-0.1, -0.05) is 6.92 Å². The zero-order chi connectivity index (χ0) is 9.42. The lowest BCUT2D eigenvalue weighted by Crippen LogP contribution is -2.32. The second kappa shape index (κ2) is 3.08. The molecular weight excluding hydrogens is 166 g/mol. The monoisotopic (exact) mass is 181 g/mol. The standard InChI is InChI=1S/C8H15N5/c1-5-3-6(5)7(12-9)8-10-4-11-13(8)2/h4-7,12H,3,9H2,1-2H3. The SMILES string of the molecule is CC1CC1C(NN)c1ncnn1C. The van der Waals surface area contributed by atoms with Crippen LogP contribution in [-0.2, 0) is 7.05 Å². The van der Waals surface area contributed by atoms with Crippen molar-refractivity contribution in [2.24, 2.45) is 24.7 Å². The van der Waals surface area contributed by atoms with Crippen molar-refractivity contribution in [2.75, 3.05) is 0 Å². The van der Waals surface area contributed by atoms with E-state index in [9.17, 15) is 0 Å². The molecule has 1 aromatic rings. The van der Waals surface area contributed by atoms with Crippen LogP contribution in [0.1, 0.15) is 25.2 Å². The largest absolute Gasteiger partial charge is 0.271 e. The van der Waals surface area contributed by atoms with Crippen LogP contribution in [0.2, 0.25) is 0 Å². The Kier molecular flexibility index (Phi) is 2.05. The van der Waals surface area contributed by atoms with Crippen molar-refractivity contribution in [3.8, 4) is 0 Å². The molecule has 0 bridgehead atoms. The molecule has 5 nitrogen and oxygen atoms in total. The molecule has 0 amide bonds. The minimum atomic E-state index is 0.155. The van der Waals surface area contributed by atoms with E-state index in [2.05, 4.69) is 22.4 Å². The van der Waals surface area contributed by atoms with E-state index in [0.717, 1.165) is 11.7 Å². The number of aromatic nitrogens is 3. The summed E-state index contributed by atoms with van der Waals surface area (Å²) in [5.41, 5.74) is 2.81. The summed E-state index contributed by atoms with van der Waals surface area (Å²) < 4.78 is 1.77. The average molecular weight is 181 g/mol. The Morgan fingerprint density at radius 2 is 2.46 bits per heavy atom. The second-order valence-electron chi connectivity index (χ2n) is 3.76. The third-order valence-electron chi connectivity index (χ3n) is 2.80. The summed E-state index contributed by atoms with van der Waals surface area (Å²) in [6, 6.07) is 0.155. The first-order valence-corrected chi connectivity index (χ1v) is 4.54. The highest BCUT2D eigenvalue weighted by Gasteiger charge is 2.41. The van der Waals surface area contributed by atoms with Crippen LogP contribution in [0.4, 0.5) is 0 Å². The number of aryl methyl sites for hydroxylation is 1. The maximum Gasteiger partial charge on any atom is 0.145 e. The molecule has 1 fully saturated rings. The Morgan fingerprint density at radius 3 is 2.85 bits per heavy atom. The van der Waals surface area contributed by atoms with E-state index in [1.54, 1.807) is 11.0 Å². The van der Waals surface area contributed by atoms with Gasteiger partial charge in [-0.3, -0.25) is 10.5 Å². The molecule has 0 aromatic carbocycles. The predicted octanol–water partition coefficient (Wildman–Crippen LogP) is -0.0245. The lowest BCUT2D eigenvalue weighted by Gasteiger charge is -2.13. The molecule has 5 heteroatoms. The van der Waals surface area contributed by atoms with Crippen LogP contribution in [0.15, 0.2) is 6.33 Å². The van der Waals surface area contributed by atoms with Gasteiger partial charge >= 0.3 is 0 Å². The van der Waals surface area contributed by atoms with Gasteiger partial charge in [0, 0.05) is 7.05 Å². The summed E-state index contributed by atoms with van der Waals surface area (Å²) in [4.78, 5) is 4.19. The first-order chi connectivity index (χ1) is 6.24. The Balaban J connectivity index is 2.17. The molecule has 1 aromatic heterocycles. The summed E-state index contributed by atoms with van der Waals surface area (Å²) in [5, 5.41) is 4.03. The Morgan fingerprint density at radius 1 is 1.77 bits per heavy atom. The maximum absolute atomic E-state index is 5.50. The molecular formula is C8H15N5. The molecule has 0 saturated heterocycles. The number of rotatable bonds is 3. The van der Waals surface area contributed by atoms with Gasteiger partial charge in [-0.2, -0.15) is 5.10 Å². The van der Waals surface area contributed by atoms with Crippen molar-refractivity contribution in [3.05, 3.63) is 12.2 Å². The zero-order valence-corrected chi connectivity index (χ0v) is 7.94. The normalized spacial score (nSPS) is 28.8. The van der Waals surface area contributed by atoms with E-state index in [1.807, 2.05) is 7.05 Å². The van der Waals surface area contributed by atoms with E-state index < -0.39 is 0 Å². The second-order valence-corrected chi connectivity index (χ2v) is 3.76. The molecule has 72 valence electrons. The Bertz CT molecular complexity index is 294. The van der Waals surface area contributed by atoms with Gasteiger partial charge in [-0.05, 0) is 18.3 Å². The van der Waals surface area contributed by atoms with Crippen LogP contribution in [0.25, 0.3) is 0 Å². The Hall–Kier alpha value is -0.940. The number of nitrogens with one attached hydrogen (secondary N) is 1. The average Bonchev–Trinajstić information content (AvgIpc) is 2.65. The quantitative estimate of drug-likeness (QED) is 0.508. The molecule has 1 heterocycles. The molecule has 0 spiro atoms. The van der Waals surface area contributed by atoms with E-state index in [4.69, 9.17) is 5.84 Å². The fourth-order valence-corrected chi connectivity index (χ4v) is 1.79. The van der Waals surface area contributed by atoms with Crippen LogP contribution >= 0.6 is 0 Å². The van der Waals surface area contributed by atoms with Gasteiger partial charge in [0.2, 0.25) is 0 Å². The topological polar surface area (TPSA) is 68.8 Å². The van der Waals surface area contributed by atoms with Crippen molar-refractivity contribution in [2.45, 2.75) is 19.4 Å². The number of hydrogen-bond acceptors (Lipinski definition) is 4. The Labute approximate surface area is 77.3 Å². The molecule has 1 aliphatic rings. The van der Waals surface area contributed by atoms with Gasteiger partial charge in [0.25, 0.3) is 0 Å². The number of nitrogens with two attached hydrogens (primary N) is 1. The molecule has 1 aliphatic carbocycles. The molecule has 0 radical (unpaired) electrons. The smallest absolute Gasteiger partial charge is 0.145 e. The van der Waals surface area contributed by atoms with Gasteiger partial charge in [0.05, 0.1) is 6.04 Å².